The first kappa shape index (κ1) is 18.0. The molecule has 2 fully saturated rings. The van der Waals surface area contributed by atoms with Crippen LogP contribution in [-0.2, 0) is 4.79 Å². The lowest BCUT2D eigenvalue weighted by molar-refractivity contribution is -0.133. The van der Waals surface area contributed by atoms with Crippen molar-refractivity contribution in [1.82, 2.24) is 14.9 Å². The van der Waals surface area contributed by atoms with Gasteiger partial charge in [0.15, 0.2) is 0 Å². The van der Waals surface area contributed by atoms with Crippen molar-refractivity contribution in [3.05, 3.63) is 12.2 Å². The highest BCUT2D eigenvalue weighted by molar-refractivity contribution is 5.88. The van der Waals surface area contributed by atoms with E-state index >= 15 is 0 Å². The fraction of sp³-hybridized carbons (Fsp3) is 0.778. The lowest BCUT2D eigenvalue weighted by Crippen LogP contribution is -2.56. The summed E-state index contributed by atoms with van der Waals surface area (Å²) in [6.07, 6.45) is 5.22. The van der Waals surface area contributed by atoms with Crippen LogP contribution >= 0.6 is 0 Å². The Morgan fingerprint density at radius 3 is 2.48 bits per heavy atom. The Labute approximate surface area is 140 Å². The average molecular weight is 318 g/mol. The molecule has 2 aliphatic rings. The van der Waals surface area contributed by atoms with E-state index in [0.29, 0.717) is 18.9 Å². The summed E-state index contributed by atoms with van der Waals surface area (Å²) in [5.74, 6) is 0.653. The molecule has 0 aliphatic carbocycles. The minimum absolute atomic E-state index is 0.000268. The van der Waals surface area contributed by atoms with Crippen LogP contribution in [0.5, 0.6) is 0 Å². The molecule has 0 N–H and O–H groups in total. The molecule has 1 amide bonds. The molecule has 0 aromatic rings. The fourth-order valence-electron chi connectivity index (χ4n) is 3.51. The minimum atomic E-state index is -0.000268. The first-order chi connectivity index (χ1) is 10.8. The molecule has 128 valence electrons. The number of nitrogens with zero attached hydrogens (tertiary/aromatic N) is 4. The molecule has 0 bridgehead atoms. The van der Waals surface area contributed by atoms with Crippen LogP contribution in [0.25, 0.3) is 0 Å². The van der Waals surface area contributed by atoms with Gasteiger partial charge in [0.1, 0.15) is 0 Å². The number of hydrogen-bond acceptors (Lipinski definition) is 4. The van der Waals surface area contributed by atoms with Gasteiger partial charge in [-0.1, -0.05) is 33.8 Å². The molecule has 0 aromatic heterocycles. The van der Waals surface area contributed by atoms with Gasteiger partial charge in [0, 0.05) is 32.7 Å². The van der Waals surface area contributed by atoms with Gasteiger partial charge in [-0.25, -0.2) is 10.0 Å². The normalized spacial score (nSPS) is 23.5. The molecule has 0 saturated carbocycles. The van der Waals surface area contributed by atoms with Crippen molar-refractivity contribution in [2.24, 2.45) is 11.3 Å². The Morgan fingerprint density at radius 2 is 1.91 bits per heavy atom. The molecular formula is C18H30N4O. The first-order valence-corrected chi connectivity index (χ1v) is 8.69. The Bertz CT molecular complexity index is 488. The standard InChI is InChI=1S/C18H30N4O/c1-15(2)13-18(3,4)7-5-17(23)22-12-11-21(20-9-10-20)14-16(22)6-8-19/h5,7,15-16H,6,9-14H2,1-4H3/b7-5+. The van der Waals surface area contributed by atoms with Crippen LogP contribution in [0.1, 0.15) is 40.5 Å². The highest BCUT2D eigenvalue weighted by Gasteiger charge is 2.35. The number of rotatable bonds is 6. The summed E-state index contributed by atoms with van der Waals surface area (Å²) >= 11 is 0. The van der Waals surface area contributed by atoms with Gasteiger partial charge in [0.2, 0.25) is 5.91 Å². The van der Waals surface area contributed by atoms with Crippen LogP contribution in [0.15, 0.2) is 12.2 Å². The highest BCUT2D eigenvalue weighted by atomic mass is 16.2. The molecule has 1 atom stereocenters. The van der Waals surface area contributed by atoms with Crippen molar-refractivity contribution < 1.29 is 4.79 Å². The van der Waals surface area contributed by atoms with E-state index in [2.05, 4.69) is 43.8 Å². The smallest absolute Gasteiger partial charge is 0.246 e. The second-order valence-electron chi connectivity index (χ2n) is 7.83. The van der Waals surface area contributed by atoms with E-state index in [9.17, 15) is 4.79 Å². The molecule has 0 spiro atoms. The van der Waals surface area contributed by atoms with Crippen molar-refractivity contribution in [3.8, 4) is 6.07 Å². The number of amides is 1. The summed E-state index contributed by atoms with van der Waals surface area (Å²) in [4.78, 5) is 14.5. The summed E-state index contributed by atoms with van der Waals surface area (Å²) in [5, 5.41) is 13.7. The second-order valence-corrected chi connectivity index (χ2v) is 7.83. The molecule has 5 nitrogen and oxygen atoms in total. The van der Waals surface area contributed by atoms with Crippen LogP contribution in [0.4, 0.5) is 0 Å². The largest absolute Gasteiger partial charge is 0.332 e. The van der Waals surface area contributed by atoms with Crippen LogP contribution in [0.2, 0.25) is 0 Å². The maximum absolute atomic E-state index is 12.6. The van der Waals surface area contributed by atoms with Gasteiger partial charge in [-0.15, -0.1) is 0 Å². The average Bonchev–Trinajstić information content (AvgIpc) is 3.28. The van der Waals surface area contributed by atoms with E-state index in [-0.39, 0.29) is 17.4 Å². The van der Waals surface area contributed by atoms with Crippen molar-refractivity contribution in [2.45, 2.75) is 46.6 Å². The Kier molecular flexibility index (Phi) is 5.83. The maximum Gasteiger partial charge on any atom is 0.246 e. The van der Waals surface area contributed by atoms with E-state index < -0.39 is 0 Å². The molecule has 0 radical (unpaired) electrons. The topological polar surface area (TPSA) is 50.4 Å². The number of allylic oxidation sites excluding steroid dienone is 1. The van der Waals surface area contributed by atoms with E-state index in [4.69, 9.17) is 5.26 Å². The van der Waals surface area contributed by atoms with E-state index in [1.165, 1.54) is 0 Å². The van der Waals surface area contributed by atoms with Crippen LogP contribution in [0.3, 0.4) is 0 Å². The van der Waals surface area contributed by atoms with Gasteiger partial charge in [-0.3, -0.25) is 4.79 Å². The van der Waals surface area contributed by atoms with Crippen LogP contribution in [-0.4, -0.2) is 59.6 Å². The number of carbonyl (C=O) groups excluding carboxylic acids is 1. The van der Waals surface area contributed by atoms with Crippen LogP contribution in [0, 0.1) is 22.7 Å². The molecule has 5 heteroatoms. The van der Waals surface area contributed by atoms with E-state index in [1.807, 2.05) is 11.0 Å². The van der Waals surface area contributed by atoms with E-state index in [1.54, 1.807) is 6.08 Å². The lowest BCUT2D eigenvalue weighted by Gasteiger charge is -2.40. The summed E-state index contributed by atoms with van der Waals surface area (Å²) in [6.45, 7) is 13.3. The molecule has 1 unspecified atom stereocenters. The predicted octanol–water partition coefficient (Wildman–Crippen LogP) is 2.27. The quantitative estimate of drug-likeness (QED) is 0.557. The Balaban J connectivity index is 1.97. The monoisotopic (exact) mass is 318 g/mol. The SMILES string of the molecule is CC(C)CC(C)(C)/C=C/C(=O)N1CCN(N2CC2)CC1CC#N. The number of carbonyl (C=O) groups is 1. The van der Waals surface area contributed by atoms with Gasteiger partial charge in [0.25, 0.3) is 0 Å². The molecule has 2 saturated heterocycles. The zero-order chi connectivity index (χ0) is 17.0. The zero-order valence-electron chi connectivity index (χ0n) is 15.0. The summed E-state index contributed by atoms with van der Waals surface area (Å²) in [7, 11) is 0. The number of hydrogen-bond donors (Lipinski definition) is 0. The summed E-state index contributed by atoms with van der Waals surface area (Å²) in [5.41, 5.74) is 0.0239. The molecule has 0 aromatic carbocycles. The van der Waals surface area contributed by atoms with Crippen molar-refractivity contribution in [3.63, 3.8) is 0 Å². The van der Waals surface area contributed by atoms with Crippen molar-refractivity contribution in [2.75, 3.05) is 32.7 Å². The molecule has 2 heterocycles. The Morgan fingerprint density at radius 1 is 1.26 bits per heavy atom. The summed E-state index contributed by atoms with van der Waals surface area (Å²) in [6, 6.07) is 2.24. The Hall–Kier alpha value is -1.38. The summed E-state index contributed by atoms with van der Waals surface area (Å²) < 4.78 is 0. The van der Waals surface area contributed by atoms with Gasteiger partial charge < -0.3 is 4.90 Å². The van der Waals surface area contributed by atoms with Gasteiger partial charge in [0.05, 0.1) is 18.5 Å². The maximum atomic E-state index is 12.6. The van der Waals surface area contributed by atoms with Gasteiger partial charge in [-0.05, 0) is 23.8 Å². The minimum Gasteiger partial charge on any atom is -0.332 e. The third-order valence-corrected chi connectivity index (χ3v) is 4.51. The van der Waals surface area contributed by atoms with Gasteiger partial charge >= 0.3 is 0 Å². The zero-order valence-corrected chi connectivity index (χ0v) is 15.0. The van der Waals surface area contributed by atoms with Crippen molar-refractivity contribution in [1.29, 1.82) is 5.26 Å². The number of piperazine rings is 1. The van der Waals surface area contributed by atoms with E-state index in [0.717, 1.165) is 32.6 Å². The number of hydrazine groups is 1. The van der Waals surface area contributed by atoms with Crippen LogP contribution < -0.4 is 0 Å². The fourth-order valence-corrected chi connectivity index (χ4v) is 3.51. The first-order valence-electron chi connectivity index (χ1n) is 8.69. The molecular weight excluding hydrogens is 288 g/mol. The van der Waals surface area contributed by atoms with Gasteiger partial charge in [-0.2, -0.15) is 5.26 Å². The molecule has 2 aliphatic heterocycles. The third kappa shape index (κ3) is 5.33. The molecule has 2 rings (SSSR count). The van der Waals surface area contributed by atoms with Crippen molar-refractivity contribution >= 4 is 5.91 Å². The third-order valence-electron chi connectivity index (χ3n) is 4.51. The lowest BCUT2D eigenvalue weighted by atomic mass is 9.83. The second kappa shape index (κ2) is 7.46. The number of nitriles is 1. The molecule has 23 heavy (non-hydrogen) atoms. The predicted molar refractivity (Wildman–Crippen MR) is 91.3 cm³/mol. The highest BCUT2D eigenvalue weighted by Crippen LogP contribution is 2.27.